The smallest absolute Gasteiger partial charge is 0.326 e. The summed E-state index contributed by atoms with van der Waals surface area (Å²) in [5.74, 6) is -0.776. The van der Waals surface area contributed by atoms with Crippen molar-refractivity contribution in [3.63, 3.8) is 0 Å². The lowest BCUT2D eigenvalue weighted by atomic mass is 10.1. The van der Waals surface area contributed by atoms with Gasteiger partial charge in [-0.1, -0.05) is 0 Å². The molecule has 120 valence electrons. The van der Waals surface area contributed by atoms with Crippen molar-refractivity contribution in [2.45, 2.75) is 43.9 Å². The lowest BCUT2D eigenvalue weighted by molar-refractivity contribution is -0.137. The molecular formula is C12H16F4N2O2S. The van der Waals surface area contributed by atoms with Crippen LogP contribution >= 0.6 is 0 Å². The summed E-state index contributed by atoms with van der Waals surface area (Å²) in [5.41, 5.74) is 5.41. The van der Waals surface area contributed by atoms with Gasteiger partial charge in [-0.15, -0.1) is 0 Å². The first-order chi connectivity index (χ1) is 9.46. The second-order valence-electron chi connectivity index (χ2n) is 4.75. The fourth-order valence-corrected chi connectivity index (χ4v) is 3.37. The van der Waals surface area contributed by atoms with E-state index in [4.69, 9.17) is 5.73 Å². The van der Waals surface area contributed by atoms with Gasteiger partial charge < -0.3 is 5.73 Å². The minimum atomic E-state index is -4.50. The van der Waals surface area contributed by atoms with Crippen LogP contribution in [0, 0.1) is 12.7 Å². The van der Waals surface area contributed by atoms with Crippen LogP contribution in [-0.4, -0.2) is 20.6 Å². The second kappa shape index (κ2) is 6.29. The third kappa shape index (κ3) is 4.94. The van der Waals surface area contributed by atoms with E-state index in [9.17, 15) is 26.0 Å². The van der Waals surface area contributed by atoms with Gasteiger partial charge in [0.25, 0.3) is 0 Å². The molecular weight excluding hydrogens is 312 g/mol. The molecule has 0 heterocycles. The Hall–Kier alpha value is -1.19. The maximum Gasteiger partial charge on any atom is 0.390 e. The van der Waals surface area contributed by atoms with Gasteiger partial charge in [0.15, 0.2) is 0 Å². The molecule has 0 aliphatic carbocycles. The Kier molecular flexibility index (Phi) is 5.35. The van der Waals surface area contributed by atoms with Gasteiger partial charge in [-0.3, -0.25) is 0 Å². The zero-order valence-electron chi connectivity index (χ0n) is 11.5. The largest absolute Gasteiger partial charge is 0.390 e. The number of nitrogens with one attached hydrogen (secondary N) is 1. The Morgan fingerprint density at radius 2 is 1.90 bits per heavy atom. The third-order valence-electron chi connectivity index (χ3n) is 2.78. The Morgan fingerprint density at radius 1 is 1.33 bits per heavy atom. The zero-order valence-corrected chi connectivity index (χ0v) is 12.3. The van der Waals surface area contributed by atoms with E-state index in [1.165, 1.54) is 6.92 Å². The summed E-state index contributed by atoms with van der Waals surface area (Å²) in [5, 5.41) is 0. The van der Waals surface area contributed by atoms with Crippen LogP contribution in [0.2, 0.25) is 0 Å². The molecule has 21 heavy (non-hydrogen) atoms. The highest BCUT2D eigenvalue weighted by Crippen LogP contribution is 2.24. The molecule has 0 aliphatic rings. The van der Waals surface area contributed by atoms with Crippen molar-refractivity contribution >= 4 is 10.0 Å². The average Bonchev–Trinajstić information content (AvgIpc) is 2.28. The monoisotopic (exact) mass is 328 g/mol. The summed E-state index contributed by atoms with van der Waals surface area (Å²) in [6.45, 7) is 2.24. The maximum atomic E-state index is 13.6. The fourth-order valence-electron chi connectivity index (χ4n) is 1.82. The van der Waals surface area contributed by atoms with Crippen LogP contribution in [0.4, 0.5) is 17.6 Å². The van der Waals surface area contributed by atoms with Crippen molar-refractivity contribution in [3.8, 4) is 0 Å². The molecule has 0 spiro atoms. The molecule has 1 atom stereocenters. The molecule has 1 unspecified atom stereocenters. The van der Waals surface area contributed by atoms with Gasteiger partial charge in [-0.25, -0.2) is 17.5 Å². The van der Waals surface area contributed by atoms with Gasteiger partial charge in [0.1, 0.15) is 5.82 Å². The van der Waals surface area contributed by atoms with Crippen LogP contribution in [0.15, 0.2) is 17.0 Å². The predicted octanol–water partition coefficient (Wildman–Crippen LogP) is 2.21. The highest BCUT2D eigenvalue weighted by Gasteiger charge is 2.32. The van der Waals surface area contributed by atoms with Crippen molar-refractivity contribution in [1.82, 2.24) is 4.72 Å². The summed E-state index contributed by atoms with van der Waals surface area (Å²) >= 11 is 0. The lowest BCUT2D eigenvalue weighted by Crippen LogP contribution is -2.36. The first-order valence-electron chi connectivity index (χ1n) is 6.04. The first kappa shape index (κ1) is 17.9. The van der Waals surface area contributed by atoms with Crippen molar-refractivity contribution in [3.05, 3.63) is 29.1 Å². The minimum absolute atomic E-state index is 0.0855. The number of hydrogen-bond donors (Lipinski definition) is 2. The Balaban J connectivity index is 3.11. The number of halogens is 4. The molecule has 9 heteroatoms. The molecule has 1 aromatic carbocycles. The first-order valence-corrected chi connectivity index (χ1v) is 7.53. The van der Waals surface area contributed by atoms with Gasteiger partial charge in [-0.2, -0.15) is 13.2 Å². The number of nitrogens with two attached hydrogens (primary N) is 1. The molecule has 0 saturated carbocycles. The van der Waals surface area contributed by atoms with E-state index in [1.807, 2.05) is 4.72 Å². The zero-order chi connectivity index (χ0) is 16.4. The average molecular weight is 328 g/mol. The normalized spacial score (nSPS) is 14.2. The van der Waals surface area contributed by atoms with E-state index in [1.54, 1.807) is 0 Å². The maximum absolute atomic E-state index is 13.6. The summed E-state index contributed by atoms with van der Waals surface area (Å²) in [4.78, 5) is -0.406. The molecule has 4 nitrogen and oxygen atoms in total. The van der Waals surface area contributed by atoms with E-state index in [0.29, 0.717) is 0 Å². The quantitative estimate of drug-likeness (QED) is 0.814. The number of alkyl halides is 3. The molecule has 0 amide bonds. The van der Waals surface area contributed by atoms with Crippen LogP contribution in [0.1, 0.15) is 24.5 Å². The molecule has 0 fully saturated rings. The van der Waals surface area contributed by atoms with Crippen LogP contribution in [0.5, 0.6) is 0 Å². The Morgan fingerprint density at radius 3 is 2.38 bits per heavy atom. The lowest BCUT2D eigenvalue weighted by Gasteiger charge is -2.17. The molecule has 1 aromatic rings. The van der Waals surface area contributed by atoms with Crippen molar-refractivity contribution < 1.29 is 26.0 Å². The van der Waals surface area contributed by atoms with Crippen LogP contribution in [0.3, 0.4) is 0 Å². The number of sulfonamides is 1. The highest BCUT2D eigenvalue weighted by atomic mass is 32.2. The topological polar surface area (TPSA) is 72.2 Å². The van der Waals surface area contributed by atoms with Crippen molar-refractivity contribution in [1.29, 1.82) is 0 Å². The highest BCUT2D eigenvalue weighted by molar-refractivity contribution is 7.89. The van der Waals surface area contributed by atoms with E-state index >= 15 is 0 Å². The molecule has 0 aromatic heterocycles. The molecule has 0 bridgehead atoms. The number of hydrogen-bond acceptors (Lipinski definition) is 3. The number of benzene rings is 1. The van der Waals surface area contributed by atoms with Crippen molar-refractivity contribution in [2.24, 2.45) is 5.73 Å². The van der Waals surface area contributed by atoms with E-state index < -0.39 is 39.4 Å². The SMILES string of the molecule is Cc1c(F)cc(CN)cc1S(=O)(=O)NC(C)CC(F)(F)F. The molecule has 1 rings (SSSR count). The molecule has 0 aliphatic heterocycles. The van der Waals surface area contributed by atoms with Gasteiger partial charge in [-0.05, 0) is 31.5 Å². The third-order valence-corrected chi connectivity index (χ3v) is 4.49. The minimum Gasteiger partial charge on any atom is -0.326 e. The van der Waals surface area contributed by atoms with E-state index in [-0.39, 0.29) is 17.7 Å². The fraction of sp³-hybridized carbons (Fsp3) is 0.500. The van der Waals surface area contributed by atoms with Crippen LogP contribution in [-0.2, 0) is 16.6 Å². The summed E-state index contributed by atoms with van der Waals surface area (Å²) in [6.07, 6.45) is -5.81. The summed E-state index contributed by atoms with van der Waals surface area (Å²) in [7, 11) is -4.26. The van der Waals surface area contributed by atoms with Gasteiger partial charge in [0, 0.05) is 18.2 Å². The standard InChI is InChI=1S/C12H16F4N2O2S/c1-7(5-12(14,15)16)18-21(19,20)11-4-9(6-17)3-10(13)8(11)2/h3-4,7,18H,5-6,17H2,1-2H3. The molecule has 0 radical (unpaired) electrons. The Bertz CT molecular complexity index is 614. The van der Waals surface area contributed by atoms with Gasteiger partial charge in [0.2, 0.25) is 10.0 Å². The van der Waals surface area contributed by atoms with Gasteiger partial charge in [0.05, 0.1) is 11.3 Å². The van der Waals surface area contributed by atoms with Crippen LogP contribution in [0.25, 0.3) is 0 Å². The number of rotatable bonds is 5. The predicted molar refractivity (Wildman–Crippen MR) is 69.5 cm³/mol. The summed E-state index contributed by atoms with van der Waals surface area (Å²) < 4.78 is 76.4. The van der Waals surface area contributed by atoms with Crippen molar-refractivity contribution in [2.75, 3.05) is 0 Å². The molecule has 3 N–H and O–H groups in total. The van der Waals surface area contributed by atoms with E-state index in [0.717, 1.165) is 19.1 Å². The molecule has 0 saturated heterocycles. The van der Waals surface area contributed by atoms with Crippen LogP contribution < -0.4 is 10.5 Å². The van der Waals surface area contributed by atoms with Gasteiger partial charge >= 0.3 is 6.18 Å². The second-order valence-corrected chi connectivity index (χ2v) is 6.43. The Labute approximate surface area is 120 Å². The van der Waals surface area contributed by atoms with E-state index in [2.05, 4.69) is 0 Å². The summed E-state index contributed by atoms with van der Waals surface area (Å²) in [6, 6.07) is 0.883.